The number of hydrogen-bond donors (Lipinski definition) is 1. The number of carbonyl (C=O) groups excluding carboxylic acids is 1. The van der Waals surface area contributed by atoms with Crippen molar-refractivity contribution in [3.63, 3.8) is 0 Å². The number of benzene rings is 1. The van der Waals surface area contributed by atoms with E-state index in [1.165, 1.54) is 18.1 Å². The molecule has 7 heteroatoms. The lowest BCUT2D eigenvalue weighted by Gasteiger charge is -2.21. The van der Waals surface area contributed by atoms with Crippen LogP contribution in [0.3, 0.4) is 0 Å². The summed E-state index contributed by atoms with van der Waals surface area (Å²) in [7, 11) is 1.44. The van der Waals surface area contributed by atoms with Gasteiger partial charge in [0.15, 0.2) is 18.1 Å². The van der Waals surface area contributed by atoms with Gasteiger partial charge < -0.3 is 19.5 Å². The summed E-state index contributed by atoms with van der Waals surface area (Å²) in [5.74, 6) is -0.693. The molecule has 0 aliphatic carbocycles. The van der Waals surface area contributed by atoms with Crippen LogP contribution in [0, 0.1) is 11.3 Å². The molecule has 1 aromatic rings. The monoisotopic (exact) mass is 304 g/mol. The molecule has 0 bridgehead atoms. The number of carbonyl (C=O) groups is 2. The van der Waals surface area contributed by atoms with Crippen LogP contribution in [-0.2, 0) is 9.59 Å². The molecular weight excluding hydrogens is 288 g/mol. The molecule has 0 spiro atoms. The minimum absolute atomic E-state index is 0.272. The number of carboxylic acids is 1. The van der Waals surface area contributed by atoms with Crippen molar-refractivity contribution in [2.24, 2.45) is 0 Å². The first-order chi connectivity index (χ1) is 10.6. The molecule has 1 N–H and O–H groups in total. The maximum absolute atomic E-state index is 12.1. The van der Waals surface area contributed by atoms with Gasteiger partial charge in [-0.25, -0.2) is 4.79 Å². The highest BCUT2D eigenvalue weighted by molar-refractivity contribution is 5.85. The van der Waals surface area contributed by atoms with E-state index >= 15 is 0 Å². The number of nitriles is 1. The summed E-state index contributed by atoms with van der Waals surface area (Å²) in [5, 5.41) is 17.9. The van der Waals surface area contributed by atoms with Gasteiger partial charge in [0.2, 0.25) is 0 Å². The van der Waals surface area contributed by atoms with E-state index in [2.05, 4.69) is 0 Å². The van der Waals surface area contributed by atoms with Crippen LogP contribution in [0.25, 0.3) is 0 Å². The molecule has 116 valence electrons. The third-order valence-electron chi connectivity index (χ3n) is 3.50. The quantitative estimate of drug-likeness (QED) is 0.871. The minimum Gasteiger partial charge on any atom is -0.493 e. The van der Waals surface area contributed by atoms with Gasteiger partial charge in [-0.05, 0) is 25.0 Å². The van der Waals surface area contributed by atoms with Crippen molar-refractivity contribution in [3.05, 3.63) is 23.8 Å². The fourth-order valence-electron chi connectivity index (χ4n) is 2.40. The molecule has 1 amide bonds. The lowest BCUT2D eigenvalue weighted by atomic mass is 10.2. The lowest BCUT2D eigenvalue weighted by molar-refractivity contribution is -0.149. The van der Waals surface area contributed by atoms with Crippen molar-refractivity contribution < 1.29 is 24.2 Å². The number of aliphatic carboxylic acids is 1. The molecule has 0 radical (unpaired) electrons. The first-order valence-electron chi connectivity index (χ1n) is 6.80. The Morgan fingerprint density at radius 1 is 1.45 bits per heavy atom. The van der Waals surface area contributed by atoms with Gasteiger partial charge in [-0.2, -0.15) is 5.26 Å². The summed E-state index contributed by atoms with van der Waals surface area (Å²) in [6.45, 7) is 0.149. The largest absolute Gasteiger partial charge is 0.493 e. The number of amides is 1. The maximum Gasteiger partial charge on any atom is 0.326 e. The number of likely N-dealkylation sites (tertiary alicyclic amines) is 1. The van der Waals surface area contributed by atoms with Crippen LogP contribution in [0.4, 0.5) is 0 Å². The number of methoxy groups -OCH3 is 1. The van der Waals surface area contributed by atoms with E-state index in [0.717, 1.165) is 0 Å². The van der Waals surface area contributed by atoms with Crippen molar-refractivity contribution in [1.82, 2.24) is 4.90 Å². The van der Waals surface area contributed by atoms with Gasteiger partial charge >= 0.3 is 5.97 Å². The van der Waals surface area contributed by atoms with Gasteiger partial charge in [0, 0.05) is 12.6 Å². The molecule has 1 heterocycles. The van der Waals surface area contributed by atoms with Gasteiger partial charge in [-0.3, -0.25) is 4.79 Å². The van der Waals surface area contributed by atoms with E-state index in [4.69, 9.17) is 19.8 Å². The summed E-state index contributed by atoms with van der Waals surface area (Å²) >= 11 is 0. The summed E-state index contributed by atoms with van der Waals surface area (Å²) in [6, 6.07) is 5.81. The Morgan fingerprint density at radius 2 is 2.23 bits per heavy atom. The molecule has 7 nitrogen and oxygen atoms in total. The van der Waals surface area contributed by atoms with Crippen LogP contribution in [0.2, 0.25) is 0 Å². The Morgan fingerprint density at radius 3 is 2.86 bits per heavy atom. The molecule has 0 aromatic heterocycles. The average Bonchev–Trinajstić information content (AvgIpc) is 3.02. The predicted molar refractivity (Wildman–Crippen MR) is 75.6 cm³/mol. The third kappa shape index (κ3) is 3.28. The van der Waals surface area contributed by atoms with Crippen LogP contribution in [0.1, 0.15) is 18.4 Å². The number of ether oxygens (including phenoxy) is 2. The van der Waals surface area contributed by atoms with Crippen LogP contribution < -0.4 is 9.47 Å². The molecule has 0 unspecified atom stereocenters. The van der Waals surface area contributed by atoms with E-state index in [1.54, 1.807) is 12.1 Å². The fourth-order valence-corrected chi connectivity index (χ4v) is 2.40. The molecule has 1 fully saturated rings. The molecule has 1 saturated heterocycles. The first kappa shape index (κ1) is 15.6. The molecule has 1 aliphatic rings. The van der Waals surface area contributed by atoms with Crippen LogP contribution >= 0.6 is 0 Å². The van der Waals surface area contributed by atoms with Crippen LogP contribution in [0.15, 0.2) is 18.2 Å². The number of nitrogens with zero attached hydrogens (tertiary/aromatic N) is 2. The summed E-state index contributed by atoms with van der Waals surface area (Å²) in [6.07, 6.45) is 1.13. The Hall–Kier alpha value is -2.75. The second-order valence-corrected chi connectivity index (χ2v) is 4.85. The normalized spacial score (nSPS) is 16.9. The summed E-state index contributed by atoms with van der Waals surface area (Å²) < 4.78 is 10.5. The van der Waals surface area contributed by atoms with Gasteiger partial charge in [0.05, 0.1) is 18.7 Å². The fraction of sp³-hybridized carbons (Fsp3) is 0.400. The van der Waals surface area contributed by atoms with Gasteiger partial charge in [0.25, 0.3) is 5.91 Å². The van der Waals surface area contributed by atoms with Crippen molar-refractivity contribution in [3.8, 4) is 17.6 Å². The molecule has 1 atom stereocenters. The minimum atomic E-state index is -0.998. The number of carboxylic acid groups (broad SMARTS) is 1. The van der Waals surface area contributed by atoms with Crippen LogP contribution in [-0.4, -0.2) is 48.2 Å². The Bertz CT molecular complexity index is 623. The van der Waals surface area contributed by atoms with Crippen LogP contribution in [0.5, 0.6) is 11.5 Å². The third-order valence-corrected chi connectivity index (χ3v) is 3.50. The highest BCUT2D eigenvalue weighted by Gasteiger charge is 2.34. The van der Waals surface area contributed by atoms with Crippen molar-refractivity contribution >= 4 is 11.9 Å². The highest BCUT2D eigenvalue weighted by Crippen LogP contribution is 2.28. The Balaban J connectivity index is 2.02. The van der Waals surface area contributed by atoms with Crippen molar-refractivity contribution in [1.29, 1.82) is 5.26 Å². The second-order valence-electron chi connectivity index (χ2n) is 4.85. The van der Waals surface area contributed by atoms with E-state index in [1.807, 2.05) is 6.07 Å². The Kier molecular flexibility index (Phi) is 4.84. The van der Waals surface area contributed by atoms with E-state index < -0.39 is 12.0 Å². The predicted octanol–water partition coefficient (Wildman–Crippen LogP) is 1.02. The standard InChI is InChI=1S/C15H16N2O5/c1-21-13-7-10(8-16)4-5-12(13)22-9-14(18)17-6-2-3-11(17)15(19)20/h4-5,7,11H,2-3,6,9H2,1H3,(H,19,20)/t11-/m0/s1. The lowest BCUT2D eigenvalue weighted by Crippen LogP contribution is -2.42. The zero-order chi connectivity index (χ0) is 16.1. The smallest absolute Gasteiger partial charge is 0.326 e. The average molecular weight is 304 g/mol. The highest BCUT2D eigenvalue weighted by atomic mass is 16.5. The molecule has 1 aromatic carbocycles. The maximum atomic E-state index is 12.1. The molecule has 22 heavy (non-hydrogen) atoms. The zero-order valence-corrected chi connectivity index (χ0v) is 12.1. The first-order valence-corrected chi connectivity index (χ1v) is 6.80. The van der Waals surface area contributed by atoms with E-state index in [-0.39, 0.29) is 12.5 Å². The van der Waals surface area contributed by atoms with Crippen molar-refractivity contribution in [2.45, 2.75) is 18.9 Å². The molecular formula is C15H16N2O5. The SMILES string of the molecule is COc1cc(C#N)ccc1OCC(=O)N1CCC[C@H]1C(=O)O. The molecule has 1 aliphatic heterocycles. The molecule has 2 rings (SSSR count). The summed E-state index contributed by atoms with van der Waals surface area (Å²) in [5.41, 5.74) is 0.418. The van der Waals surface area contributed by atoms with Gasteiger partial charge in [0.1, 0.15) is 6.04 Å². The second kappa shape index (κ2) is 6.80. The number of hydrogen-bond acceptors (Lipinski definition) is 5. The Labute approximate surface area is 127 Å². The zero-order valence-electron chi connectivity index (χ0n) is 12.1. The topological polar surface area (TPSA) is 99.9 Å². The van der Waals surface area contributed by atoms with E-state index in [0.29, 0.717) is 36.4 Å². The summed E-state index contributed by atoms with van der Waals surface area (Å²) in [4.78, 5) is 24.5. The number of rotatable bonds is 5. The van der Waals surface area contributed by atoms with E-state index in [9.17, 15) is 9.59 Å². The van der Waals surface area contributed by atoms with Gasteiger partial charge in [-0.1, -0.05) is 0 Å². The van der Waals surface area contributed by atoms with Crippen molar-refractivity contribution in [2.75, 3.05) is 20.3 Å². The molecule has 0 saturated carbocycles. The van der Waals surface area contributed by atoms with Gasteiger partial charge in [-0.15, -0.1) is 0 Å².